The van der Waals surface area contributed by atoms with Gasteiger partial charge in [0.15, 0.2) is 11.5 Å². The minimum absolute atomic E-state index is 0.0574. The topological polar surface area (TPSA) is 93.7 Å². The van der Waals surface area contributed by atoms with E-state index in [1.54, 1.807) is 38.5 Å². The van der Waals surface area contributed by atoms with Crippen molar-refractivity contribution >= 4 is 33.2 Å². The van der Waals surface area contributed by atoms with Gasteiger partial charge in [-0.1, -0.05) is 23.7 Å². The first-order valence-corrected chi connectivity index (χ1v) is 11.6. The van der Waals surface area contributed by atoms with Crippen molar-refractivity contribution in [2.45, 2.75) is 11.3 Å². The summed E-state index contributed by atoms with van der Waals surface area (Å²) in [6, 6.07) is 17.8. The van der Waals surface area contributed by atoms with Crippen molar-refractivity contribution in [3.05, 3.63) is 82.9 Å². The smallest absolute Gasteiger partial charge is 0.261 e. The molecule has 0 aromatic heterocycles. The highest BCUT2D eigenvalue weighted by Crippen LogP contribution is 2.27. The quantitative estimate of drug-likeness (QED) is 0.486. The predicted molar refractivity (Wildman–Crippen MR) is 124 cm³/mol. The van der Waals surface area contributed by atoms with Gasteiger partial charge in [-0.05, 0) is 66.6 Å². The van der Waals surface area contributed by atoms with E-state index in [2.05, 4.69) is 10.0 Å². The van der Waals surface area contributed by atoms with Crippen molar-refractivity contribution in [3.63, 3.8) is 0 Å². The zero-order valence-electron chi connectivity index (χ0n) is 17.6. The lowest BCUT2D eigenvalue weighted by Crippen LogP contribution is -2.25. The second-order valence-corrected chi connectivity index (χ2v) is 8.95. The summed E-state index contributed by atoms with van der Waals surface area (Å²) in [6.07, 6.45) is 0.615. The SMILES string of the molecule is COc1ccc(CCNC(=O)c2ccc(NS(=O)(=O)c3cccc(Cl)c3)cc2)cc1OC. The Kier molecular flexibility index (Phi) is 7.61. The first-order valence-electron chi connectivity index (χ1n) is 9.70. The molecule has 9 heteroatoms. The molecule has 7 nitrogen and oxygen atoms in total. The molecule has 0 radical (unpaired) electrons. The van der Waals surface area contributed by atoms with E-state index in [1.807, 2.05) is 18.2 Å². The zero-order valence-corrected chi connectivity index (χ0v) is 19.2. The molecule has 2 N–H and O–H groups in total. The third-order valence-corrected chi connectivity index (χ3v) is 6.27. The van der Waals surface area contributed by atoms with Crippen LogP contribution in [0, 0.1) is 0 Å². The Balaban J connectivity index is 1.57. The number of benzene rings is 3. The summed E-state index contributed by atoms with van der Waals surface area (Å²) in [6.45, 7) is 0.428. The number of rotatable bonds is 9. The van der Waals surface area contributed by atoms with Crippen LogP contribution in [0.3, 0.4) is 0 Å². The molecule has 3 rings (SSSR count). The van der Waals surface area contributed by atoms with E-state index in [4.69, 9.17) is 21.1 Å². The van der Waals surface area contributed by atoms with Crippen molar-refractivity contribution in [1.82, 2.24) is 5.32 Å². The number of nitrogens with one attached hydrogen (secondary N) is 2. The van der Waals surface area contributed by atoms with Crippen molar-refractivity contribution in [3.8, 4) is 11.5 Å². The number of methoxy groups -OCH3 is 2. The fourth-order valence-electron chi connectivity index (χ4n) is 3.00. The number of amides is 1. The van der Waals surface area contributed by atoms with E-state index in [9.17, 15) is 13.2 Å². The average molecular weight is 475 g/mol. The molecule has 0 unspecified atom stereocenters. The highest BCUT2D eigenvalue weighted by molar-refractivity contribution is 7.92. The van der Waals surface area contributed by atoms with E-state index in [-0.39, 0.29) is 10.8 Å². The Hall–Kier alpha value is -3.23. The van der Waals surface area contributed by atoms with E-state index < -0.39 is 10.0 Å². The third-order valence-electron chi connectivity index (χ3n) is 4.65. The van der Waals surface area contributed by atoms with E-state index >= 15 is 0 Å². The van der Waals surface area contributed by atoms with E-state index in [1.165, 1.54) is 24.3 Å². The molecule has 0 atom stereocenters. The summed E-state index contributed by atoms with van der Waals surface area (Å²) in [5.41, 5.74) is 1.75. The fraction of sp³-hybridized carbons (Fsp3) is 0.174. The van der Waals surface area contributed by atoms with Gasteiger partial charge in [0, 0.05) is 22.8 Å². The molecular formula is C23H23ClN2O5S. The minimum Gasteiger partial charge on any atom is -0.493 e. The fourth-order valence-corrected chi connectivity index (χ4v) is 4.36. The van der Waals surface area contributed by atoms with Gasteiger partial charge in [0.05, 0.1) is 19.1 Å². The predicted octanol–water partition coefficient (Wildman–Crippen LogP) is 4.13. The number of hydrogen-bond donors (Lipinski definition) is 2. The van der Waals surface area contributed by atoms with Crippen LogP contribution in [0.5, 0.6) is 11.5 Å². The Bertz CT molecular complexity index is 1200. The molecule has 0 aliphatic rings. The molecule has 0 aliphatic carbocycles. The molecular weight excluding hydrogens is 452 g/mol. The molecule has 3 aromatic carbocycles. The van der Waals surface area contributed by atoms with Crippen LogP contribution in [-0.4, -0.2) is 35.1 Å². The molecule has 32 heavy (non-hydrogen) atoms. The Morgan fingerprint density at radius 2 is 1.66 bits per heavy atom. The van der Waals surface area contributed by atoms with Crippen LogP contribution < -0.4 is 19.5 Å². The lowest BCUT2D eigenvalue weighted by molar-refractivity contribution is 0.0954. The lowest BCUT2D eigenvalue weighted by Gasteiger charge is -2.11. The summed E-state index contributed by atoms with van der Waals surface area (Å²) in [5.74, 6) is 1.02. The van der Waals surface area contributed by atoms with Crippen LogP contribution in [0.15, 0.2) is 71.6 Å². The maximum Gasteiger partial charge on any atom is 0.261 e. The Morgan fingerprint density at radius 1 is 0.938 bits per heavy atom. The number of halogens is 1. The minimum atomic E-state index is -3.78. The normalized spacial score (nSPS) is 11.0. The number of carbonyl (C=O) groups excluding carboxylic acids is 1. The summed E-state index contributed by atoms with van der Waals surface area (Å²) >= 11 is 5.87. The molecule has 0 heterocycles. The molecule has 3 aromatic rings. The molecule has 1 amide bonds. The third kappa shape index (κ3) is 5.93. The van der Waals surface area contributed by atoms with Crippen molar-refractivity contribution < 1.29 is 22.7 Å². The average Bonchev–Trinajstić information content (AvgIpc) is 2.79. The van der Waals surface area contributed by atoms with Gasteiger partial charge in [-0.2, -0.15) is 0 Å². The Labute approximate surface area is 192 Å². The van der Waals surface area contributed by atoms with Crippen LogP contribution in [0.4, 0.5) is 5.69 Å². The monoisotopic (exact) mass is 474 g/mol. The molecule has 0 saturated heterocycles. The first kappa shape index (κ1) is 23.4. The van der Waals surface area contributed by atoms with Crippen LogP contribution in [-0.2, 0) is 16.4 Å². The van der Waals surface area contributed by atoms with Gasteiger partial charge >= 0.3 is 0 Å². The highest BCUT2D eigenvalue weighted by atomic mass is 35.5. The van der Waals surface area contributed by atoms with Gasteiger partial charge < -0.3 is 14.8 Å². The van der Waals surface area contributed by atoms with E-state index in [0.717, 1.165) is 5.56 Å². The lowest BCUT2D eigenvalue weighted by atomic mass is 10.1. The Morgan fingerprint density at radius 3 is 2.31 bits per heavy atom. The van der Waals surface area contributed by atoms with Crippen LogP contribution in [0.2, 0.25) is 5.02 Å². The first-order chi connectivity index (χ1) is 15.3. The number of ether oxygens (including phenoxy) is 2. The maximum atomic E-state index is 12.5. The van der Waals surface area contributed by atoms with Gasteiger partial charge in [0.25, 0.3) is 15.9 Å². The van der Waals surface area contributed by atoms with Gasteiger partial charge in [-0.15, -0.1) is 0 Å². The number of sulfonamides is 1. The summed E-state index contributed by atoms with van der Waals surface area (Å²) < 4.78 is 37.9. The van der Waals surface area contributed by atoms with Gasteiger partial charge in [-0.3, -0.25) is 9.52 Å². The second kappa shape index (κ2) is 10.4. The largest absolute Gasteiger partial charge is 0.493 e. The molecule has 0 spiro atoms. The van der Waals surface area contributed by atoms with Gasteiger partial charge in [-0.25, -0.2) is 8.42 Å². The molecule has 0 aliphatic heterocycles. The molecule has 0 fully saturated rings. The van der Waals surface area contributed by atoms with Crippen LogP contribution in [0.1, 0.15) is 15.9 Å². The molecule has 0 bridgehead atoms. The van der Waals surface area contributed by atoms with Crippen molar-refractivity contribution in [2.24, 2.45) is 0 Å². The van der Waals surface area contributed by atoms with Crippen molar-refractivity contribution in [2.75, 3.05) is 25.5 Å². The van der Waals surface area contributed by atoms with Gasteiger partial charge in [0.2, 0.25) is 0 Å². The van der Waals surface area contributed by atoms with E-state index in [0.29, 0.717) is 40.7 Å². The van der Waals surface area contributed by atoms with Crippen LogP contribution in [0.25, 0.3) is 0 Å². The van der Waals surface area contributed by atoms with Gasteiger partial charge in [0.1, 0.15) is 0 Å². The standard InChI is InChI=1S/C23H23ClN2O5S/c1-30-21-11-6-16(14-22(21)31-2)12-13-25-23(27)17-7-9-19(10-8-17)26-32(28,29)20-5-3-4-18(24)15-20/h3-11,14-15,26H,12-13H2,1-2H3,(H,25,27). The zero-order chi connectivity index (χ0) is 23.1. The maximum absolute atomic E-state index is 12.5. The van der Waals surface area contributed by atoms with Crippen LogP contribution >= 0.6 is 11.6 Å². The number of anilines is 1. The summed E-state index contributed by atoms with van der Waals surface area (Å²) in [7, 11) is -0.633. The second-order valence-electron chi connectivity index (χ2n) is 6.84. The summed E-state index contributed by atoms with van der Waals surface area (Å²) in [5, 5.41) is 3.18. The molecule has 0 saturated carbocycles. The molecule has 168 valence electrons. The van der Waals surface area contributed by atoms with Crippen molar-refractivity contribution in [1.29, 1.82) is 0 Å². The number of carbonyl (C=O) groups is 1. The summed E-state index contributed by atoms with van der Waals surface area (Å²) in [4.78, 5) is 12.5. The highest BCUT2D eigenvalue weighted by Gasteiger charge is 2.15. The number of hydrogen-bond acceptors (Lipinski definition) is 5.